The van der Waals surface area contributed by atoms with E-state index >= 15 is 0 Å². The van der Waals surface area contributed by atoms with E-state index in [-0.39, 0.29) is 52.0 Å². The van der Waals surface area contributed by atoms with Crippen molar-refractivity contribution in [1.29, 1.82) is 0 Å². The first-order valence-corrected chi connectivity index (χ1v) is 0.928. The van der Waals surface area contributed by atoms with Gasteiger partial charge in [0.15, 0.2) is 0 Å². The Bertz CT molecular complexity index is 40.3. The first kappa shape index (κ1) is 24.7. The second-order valence-electron chi connectivity index (χ2n) is 0.519. The molecular formula is C2H7LiO3Zr. The molecule has 3 N–H and O–H groups in total. The van der Waals surface area contributed by atoms with Crippen LogP contribution in [0.2, 0.25) is 0 Å². The van der Waals surface area contributed by atoms with E-state index in [1.54, 1.807) is 0 Å². The van der Waals surface area contributed by atoms with E-state index in [1.807, 2.05) is 0 Å². The molecule has 0 aromatic carbocycles. The topological polar surface area (TPSA) is 68.8 Å². The summed E-state index contributed by atoms with van der Waals surface area (Å²) < 4.78 is 0. The fourth-order valence-electron chi connectivity index (χ4n) is 0. The van der Waals surface area contributed by atoms with Gasteiger partial charge in [-0.1, -0.05) is 0 Å². The molecule has 0 aromatic rings. The smallest absolute Gasteiger partial charge is 1.00 e. The van der Waals surface area contributed by atoms with Crippen molar-refractivity contribution in [3.05, 3.63) is 0 Å². The molecule has 7 heavy (non-hydrogen) atoms. The molecule has 0 heterocycles. The Kier molecular flexibility index (Phi) is 55.7. The Morgan fingerprint density at radius 1 is 1.71 bits per heavy atom. The van der Waals surface area contributed by atoms with Gasteiger partial charge in [0.25, 0.3) is 5.97 Å². The second kappa shape index (κ2) is 15.8. The molecule has 0 bridgehead atoms. The van der Waals surface area contributed by atoms with Gasteiger partial charge in [-0.15, -0.1) is 0 Å². The van der Waals surface area contributed by atoms with Crippen LogP contribution in [0.25, 0.3) is 0 Å². The van der Waals surface area contributed by atoms with E-state index in [0.717, 1.165) is 6.92 Å². The second-order valence-corrected chi connectivity index (χ2v) is 0.519. The predicted octanol–water partition coefficient (Wildman–Crippen LogP) is -3.62. The Hall–Kier alpha value is 0.911. The number of carbonyl (C=O) groups is 1. The molecule has 0 atom stereocenters. The van der Waals surface area contributed by atoms with Gasteiger partial charge in [-0.05, 0) is 0 Å². The molecule has 0 aliphatic rings. The van der Waals surface area contributed by atoms with E-state index in [2.05, 4.69) is 0 Å². The van der Waals surface area contributed by atoms with E-state index in [1.165, 1.54) is 0 Å². The molecule has 38 valence electrons. The molecule has 0 unspecified atom stereocenters. The summed E-state index contributed by atoms with van der Waals surface area (Å²) in [5.41, 5.74) is 0. The SMILES string of the molecule is CC(=O)O.O.[H-].[Li+].[Zr]. The first-order chi connectivity index (χ1) is 1.73. The van der Waals surface area contributed by atoms with Crippen LogP contribution >= 0.6 is 0 Å². The summed E-state index contributed by atoms with van der Waals surface area (Å²) in [5, 5.41) is 7.42. The Morgan fingerprint density at radius 3 is 1.71 bits per heavy atom. The van der Waals surface area contributed by atoms with Crippen molar-refractivity contribution >= 4 is 5.97 Å². The third-order valence-electron chi connectivity index (χ3n) is 0. The van der Waals surface area contributed by atoms with Crippen molar-refractivity contribution < 1.29 is 61.9 Å². The van der Waals surface area contributed by atoms with Crippen molar-refractivity contribution in [2.45, 2.75) is 6.92 Å². The van der Waals surface area contributed by atoms with Crippen LogP contribution < -0.4 is 18.9 Å². The molecule has 0 aliphatic carbocycles. The van der Waals surface area contributed by atoms with E-state index < -0.39 is 5.97 Å². The zero-order valence-electron chi connectivity index (χ0n) is 5.36. The van der Waals surface area contributed by atoms with Gasteiger partial charge in [0.05, 0.1) is 0 Å². The van der Waals surface area contributed by atoms with Gasteiger partial charge in [0.1, 0.15) is 0 Å². The van der Waals surface area contributed by atoms with E-state index in [4.69, 9.17) is 9.90 Å². The molecule has 0 radical (unpaired) electrons. The number of carboxylic acid groups (broad SMARTS) is 1. The molecular weight excluding hydrogens is 170 g/mol. The van der Waals surface area contributed by atoms with Gasteiger partial charge in [0, 0.05) is 33.1 Å². The standard InChI is InChI=1S/C2H4O2.Li.H2O.Zr.H/c1-2(3)4;;;;/h1H3,(H,3,4);;1H2;;/q;+1;;;-1. The van der Waals surface area contributed by atoms with Crippen molar-refractivity contribution in [2.24, 2.45) is 0 Å². The summed E-state index contributed by atoms with van der Waals surface area (Å²) in [6.07, 6.45) is 0. The number of rotatable bonds is 0. The monoisotopic (exact) mass is 176 g/mol. The molecule has 0 spiro atoms. The van der Waals surface area contributed by atoms with Gasteiger partial charge < -0.3 is 12.0 Å². The molecule has 0 aliphatic heterocycles. The van der Waals surface area contributed by atoms with Crippen LogP contribution in [0.15, 0.2) is 0 Å². The maximum absolute atomic E-state index is 9.00. The molecule has 5 heteroatoms. The zero-order chi connectivity index (χ0) is 3.58. The summed E-state index contributed by atoms with van der Waals surface area (Å²) in [6.45, 7) is 1.08. The Labute approximate surface area is 74.6 Å². The van der Waals surface area contributed by atoms with Gasteiger partial charge in [-0.25, -0.2) is 0 Å². The third-order valence-corrected chi connectivity index (χ3v) is 0. The predicted molar refractivity (Wildman–Crippen MR) is 18.0 cm³/mol. The summed E-state index contributed by atoms with van der Waals surface area (Å²) >= 11 is 0. The molecule has 0 aromatic heterocycles. The largest absolute Gasteiger partial charge is 1.00 e. The maximum Gasteiger partial charge on any atom is 1.00 e. The van der Waals surface area contributed by atoms with Crippen molar-refractivity contribution in [1.82, 2.24) is 0 Å². The van der Waals surface area contributed by atoms with Crippen LogP contribution in [0.1, 0.15) is 8.35 Å². The number of carboxylic acids is 1. The summed E-state index contributed by atoms with van der Waals surface area (Å²) in [6, 6.07) is 0. The minimum absolute atomic E-state index is 0. The van der Waals surface area contributed by atoms with Crippen molar-refractivity contribution in [3.63, 3.8) is 0 Å². The van der Waals surface area contributed by atoms with Crippen LogP contribution in [0, 0.1) is 0 Å². The minimum atomic E-state index is -0.833. The van der Waals surface area contributed by atoms with Gasteiger partial charge in [-0.3, -0.25) is 4.79 Å². The maximum atomic E-state index is 9.00. The van der Waals surface area contributed by atoms with Gasteiger partial charge in [-0.2, -0.15) is 0 Å². The third kappa shape index (κ3) is 201. The molecule has 0 saturated heterocycles. The molecule has 3 nitrogen and oxygen atoms in total. The first-order valence-electron chi connectivity index (χ1n) is 0.928. The molecule has 0 fully saturated rings. The fraction of sp³-hybridized carbons (Fsp3) is 0.500. The fourth-order valence-corrected chi connectivity index (χ4v) is 0. The summed E-state index contributed by atoms with van der Waals surface area (Å²) in [7, 11) is 0. The molecule has 0 saturated carbocycles. The molecule has 0 amide bonds. The van der Waals surface area contributed by atoms with Crippen LogP contribution in [-0.4, -0.2) is 16.6 Å². The van der Waals surface area contributed by atoms with Crippen LogP contribution in [0.4, 0.5) is 0 Å². The quantitative estimate of drug-likeness (QED) is 0.388. The Morgan fingerprint density at radius 2 is 1.71 bits per heavy atom. The zero-order valence-corrected chi connectivity index (χ0v) is 6.81. The number of aliphatic carboxylic acids is 1. The summed E-state index contributed by atoms with van der Waals surface area (Å²) in [5.74, 6) is -0.833. The number of hydrogen-bond acceptors (Lipinski definition) is 1. The molecule has 0 rings (SSSR count). The van der Waals surface area contributed by atoms with Crippen molar-refractivity contribution in [2.75, 3.05) is 0 Å². The average molecular weight is 177 g/mol. The summed E-state index contributed by atoms with van der Waals surface area (Å²) in [4.78, 5) is 9.00. The van der Waals surface area contributed by atoms with Crippen molar-refractivity contribution in [3.8, 4) is 0 Å². The van der Waals surface area contributed by atoms with Crippen LogP contribution in [0.3, 0.4) is 0 Å². The minimum Gasteiger partial charge on any atom is -1.00 e. The van der Waals surface area contributed by atoms with Gasteiger partial charge >= 0.3 is 18.9 Å². The normalized spacial score (nSPS) is 3.57. The average Bonchev–Trinajstić information content (AvgIpc) is 0.811. The Balaban J connectivity index is -0.00000000750. The van der Waals surface area contributed by atoms with E-state index in [9.17, 15) is 0 Å². The van der Waals surface area contributed by atoms with Crippen LogP contribution in [0.5, 0.6) is 0 Å². The van der Waals surface area contributed by atoms with Gasteiger partial charge in [0.2, 0.25) is 0 Å². The van der Waals surface area contributed by atoms with E-state index in [0.29, 0.717) is 0 Å². The van der Waals surface area contributed by atoms with Crippen LogP contribution in [-0.2, 0) is 31.0 Å². The number of hydrogen-bond donors (Lipinski definition) is 1.